The SMILES string of the molecule is CC(C)(C)OC(=O)N(CC(=O)O)c1cccc(CN(Cc2ccc(OC(F)F)cc2)S(=O)(=O)c2cccnc2)n1. The summed E-state index contributed by atoms with van der Waals surface area (Å²) >= 11 is 0. The number of pyridine rings is 2. The summed E-state index contributed by atoms with van der Waals surface area (Å²) in [5, 5.41) is 9.35. The lowest BCUT2D eigenvalue weighted by molar-refractivity contribution is -0.135. The van der Waals surface area contributed by atoms with Crippen molar-refractivity contribution in [2.24, 2.45) is 0 Å². The number of carboxylic acid groups (broad SMARTS) is 1. The number of alkyl halides is 2. The fourth-order valence-electron chi connectivity index (χ4n) is 3.43. The number of benzene rings is 1. The van der Waals surface area contributed by atoms with Gasteiger partial charge in [-0.25, -0.2) is 18.2 Å². The van der Waals surface area contributed by atoms with E-state index in [1.807, 2.05) is 0 Å². The van der Waals surface area contributed by atoms with Gasteiger partial charge in [-0.2, -0.15) is 13.1 Å². The second kappa shape index (κ2) is 12.8. The zero-order chi connectivity index (χ0) is 29.5. The van der Waals surface area contributed by atoms with E-state index in [-0.39, 0.29) is 35.2 Å². The second-order valence-corrected chi connectivity index (χ2v) is 11.4. The molecule has 214 valence electrons. The third-order valence-corrected chi connectivity index (χ3v) is 6.87. The number of halogens is 2. The van der Waals surface area contributed by atoms with Crippen LogP contribution in [0.2, 0.25) is 0 Å². The van der Waals surface area contributed by atoms with E-state index in [0.29, 0.717) is 5.56 Å². The number of anilines is 1. The number of hydrogen-bond acceptors (Lipinski definition) is 8. The Kier molecular flexibility index (Phi) is 9.71. The van der Waals surface area contributed by atoms with E-state index < -0.39 is 40.8 Å². The van der Waals surface area contributed by atoms with Gasteiger partial charge in [0, 0.05) is 18.9 Å². The summed E-state index contributed by atoms with van der Waals surface area (Å²) in [5.41, 5.74) is -0.247. The zero-order valence-corrected chi connectivity index (χ0v) is 22.7. The quantitative estimate of drug-likeness (QED) is 0.353. The van der Waals surface area contributed by atoms with Crippen LogP contribution in [0.5, 0.6) is 5.75 Å². The predicted molar refractivity (Wildman–Crippen MR) is 139 cm³/mol. The monoisotopic (exact) mass is 578 g/mol. The van der Waals surface area contributed by atoms with Gasteiger partial charge in [0.15, 0.2) is 0 Å². The first-order valence-corrected chi connectivity index (χ1v) is 13.3. The number of ether oxygens (including phenoxy) is 2. The third-order valence-electron chi connectivity index (χ3n) is 5.09. The molecule has 0 aliphatic carbocycles. The summed E-state index contributed by atoms with van der Waals surface area (Å²) in [5.74, 6) is -1.45. The van der Waals surface area contributed by atoms with E-state index >= 15 is 0 Å². The minimum absolute atomic E-state index is 0.0543. The largest absolute Gasteiger partial charge is 0.480 e. The Morgan fingerprint density at radius 1 is 1.02 bits per heavy atom. The summed E-state index contributed by atoms with van der Waals surface area (Å²) in [7, 11) is -4.14. The first kappa shape index (κ1) is 30.4. The summed E-state index contributed by atoms with van der Waals surface area (Å²) in [6, 6.07) is 12.7. The molecule has 0 atom stereocenters. The maximum Gasteiger partial charge on any atom is 0.416 e. The molecule has 14 heteroatoms. The van der Waals surface area contributed by atoms with Crippen LogP contribution in [0.15, 0.2) is 71.9 Å². The van der Waals surface area contributed by atoms with Crippen LogP contribution < -0.4 is 9.64 Å². The Bertz CT molecular complexity index is 1420. The number of sulfonamides is 1. The van der Waals surface area contributed by atoms with Crippen LogP contribution in [-0.2, 0) is 32.6 Å². The van der Waals surface area contributed by atoms with Crippen molar-refractivity contribution < 1.29 is 41.4 Å². The molecule has 0 spiro atoms. The van der Waals surface area contributed by atoms with Crippen LogP contribution in [0, 0.1) is 0 Å². The van der Waals surface area contributed by atoms with E-state index in [0.717, 1.165) is 9.21 Å². The van der Waals surface area contributed by atoms with Crippen LogP contribution in [0.1, 0.15) is 32.0 Å². The third kappa shape index (κ3) is 8.68. The number of rotatable bonds is 11. The van der Waals surface area contributed by atoms with Crippen molar-refractivity contribution in [3.05, 3.63) is 78.2 Å². The summed E-state index contributed by atoms with van der Waals surface area (Å²) in [6.45, 7) is 0.672. The number of hydrogen-bond donors (Lipinski definition) is 1. The number of amides is 1. The fourth-order valence-corrected chi connectivity index (χ4v) is 4.80. The number of aliphatic carboxylic acids is 1. The molecule has 0 saturated heterocycles. The van der Waals surface area contributed by atoms with Crippen molar-refractivity contribution in [2.45, 2.75) is 51.0 Å². The Morgan fingerprint density at radius 3 is 2.30 bits per heavy atom. The highest BCUT2D eigenvalue weighted by Crippen LogP contribution is 2.23. The number of carbonyl (C=O) groups excluding carboxylic acids is 1. The lowest BCUT2D eigenvalue weighted by Gasteiger charge is -2.26. The van der Waals surface area contributed by atoms with Gasteiger partial charge < -0.3 is 14.6 Å². The van der Waals surface area contributed by atoms with Crippen molar-refractivity contribution in [3.8, 4) is 5.75 Å². The molecule has 0 fully saturated rings. The molecule has 0 aliphatic heterocycles. The molecule has 0 saturated carbocycles. The molecular weight excluding hydrogens is 550 g/mol. The minimum atomic E-state index is -4.14. The van der Waals surface area contributed by atoms with E-state index in [2.05, 4.69) is 14.7 Å². The lowest BCUT2D eigenvalue weighted by atomic mass is 10.2. The molecule has 0 aliphatic rings. The van der Waals surface area contributed by atoms with Crippen molar-refractivity contribution in [3.63, 3.8) is 0 Å². The van der Waals surface area contributed by atoms with Crippen molar-refractivity contribution in [1.82, 2.24) is 14.3 Å². The van der Waals surface area contributed by atoms with Gasteiger partial charge >= 0.3 is 18.7 Å². The number of nitrogens with zero attached hydrogens (tertiary/aromatic N) is 4. The molecule has 0 bridgehead atoms. The van der Waals surface area contributed by atoms with Gasteiger partial charge in [-0.15, -0.1) is 0 Å². The Hall–Kier alpha value is -4.17. The molecule has 2 aromatic heterocycles. The number of carbonyl (C=O) groups is 2. The molecule has 0 radical (unpaired) electrons. The van der Waals surface area contributed by atoms with Gasteiger partial charge in [0.1, 0.15) is 28.6 Å². The summed E-state index contributed by atoms with van der Waals surface area (Å²) < 4.78 is 62.9. The Labute approximate surface area is 230 Å². The molecule has 11 nitrogen and oxygen atoms in total. The van der Waals surface area contributed by atoms with E-state index in [9.17, 15) is 31.9 Å². The van der Waals surface area contributed by atoms with Crippen molar-refractivity contribution >= 4 is 27.9 Å². The average molecular weight is 579 g/mol. The molecule has 1 N–H and O–H groups in total. The molecule has 3 aromatic rings. The van der Waals surface area contributed by atoms with Crippen LogP contribution in [0.25, 0.3) is 0 Å². The summed E-state index contributed by atoms with van der Waals surface area (Å²) in [6.07, 6.45) is 1.66. The zero-order valence-electron chi connectivity index (χ0n) is 21.9. The highest BCUT2D eigenvalue weighted by atomic mass is 32.2. The number of aromatic nitrogens is 2. The smallest absolute Gasteiger partial charge is 0.416 e. The van der Waals surface area contributed by atoms with E-state index in [1.165, 1.54) is 67.0 Å². The standard InChI is InChI=1S/C26H28F2N4O7S/c1-26(2,3)39-25(35)32(17-23(33)34)22-8-4-6-19(30-22)16-31(40(36,37)21-7-5-13-29-14-21)15-18-9-11-20(12-10-18)38-24(27)28/h4-14,24H,15-17H2,1-3H3,(H,33,34). The fraction of sp³-hybridized carbons (Fsp3) is 0.308. The van der Waals surface area contributed by atoms with Crippen LogP contribution >= 0.6 is 0 Å². The first-order valence-electron chi connectivity index (χ1n) is 11.9. The molecule has 1 aromatic carbocycles. The van der Waals surface area contributed by atoms with Crippen LogP contribution in [0.3, 0.4) is 0 Å². The lowest BCUT2D eigenvalue weighted by Crippen LogP contribution is -2.40. The van der Waals surface area contributed by atoms with Crippen LogP contribution in [-0.4, -0.2) is 58.6 Å². The van der Waals surface area contributed by atoms with Crippen molar-refractivity contribution in [2.75, 3.05) is 11.4 Å². The Balaban J connectivity index is 1.96. The van der Waals surface area contributed by atoms with Gasteiger partial charge in [0.25, 0.3) is 0 Å². The van der Waals surface area contributed by atoms with E-state index in [4.69, 9.17) is 4.74 Å². The minimum Gasteiger partial charge on any atom is -0.480 e. The van der Waals surface area contributed by atoms with Gasteiger partial charge in [-0.3, -0.25) is 14.7 Å². The summed E-state index contributed by atoms with van der Waals surface area (Å²) in [4.78, 5) is 33.2. The van der Waals surface area contributed by atoms with Gasteiger partial charge in [-0.05, 0) is 62.7 Å². The molecular formula is C26H28F2N4O7S. The molecule has 3 rings (SSSR count). The van der Waals surface area contributed by atoms with Gasteiger partial charge in [-0.1, -0.05) is 18.2 Å². The number of carboxylic acids is 1. The van der Waals surface area contributed by atoms with Crippen LogP contribution in [0.4, 0.5) is 19.4 Å². The predicted octanol–water partition coefficient (Wildman–Crippen LogP) is 4.30. The molecule has 40 heavy (non-hydrogen) atoms. The highest BCUT2D eigenvalue weighted by Gasteiger charge is 2.28. The van der Waals surface area contributed by atoms with Gasteiger partial charge in [0.05, 0.1) is 12.2 Å². The molecule has 2 heterocycles. The van der Waals surface area contributed by atoms with E-state index in [1.54, 1.807) is 20.8 Å². The van der Waals surface area contributed by atoms with Gasteiger partial charge in [0.2, 0.25) is 10.0 Å². The normalized spacial score (nSPS) is 11.9. The Morgan fingerprint density at radius 2 is 1.73 bits per heavy atom. The topological polar surface area (TPSA) is 139 Å². The van der Waals surface area contributed by atoms with Crippen molar-refractivity contribution in [1.29, 1.82) is 0 Å². The average Bonchev–Trinajstić information content (AvgIpc) is 2.87. The second-order valence-electron chi connectivity index (χ2n) is 9.43. The highest BCUT2D eigenvalue weighted by molar-refractivity contribution is 7.89. The maximum absolute atomic E-state index is 13.6. The maximum atomic E-state index is 13.6. The first-order chi connectivity index (χ1) is 18.7. The molecule has 1 amide bonds. The molecule has 0 unspecified atom stereocenters.